The molecule has 1 aromatic carbocycles. The van der Waals surface area contributed by atoms with Crippen LogP contribution in [-0.2, 0) is 0 Å². The van der Waals surface area contributed by atoms with Crippen molar-refractivity contribution < 1.29 is 31.4 Å². The largest absolute Gasteiger partial charge is 0.508 e. The zero-order valence-electron chi connectivity index (χ0n) is 7.81. The molecule has 0 aliphatic heterocycles. The second-order valence-electron chi connectivity index (χ2n) is 2.67. The zero-order valence-corrected chi connectivity index (χ0v) is 7.81. The van der Waals surface area contributed by atoms with E-state index in [2.05, 4.69) is 0 Å². The van der Waals surface area contributed by atoms with Gasteiger partial charge < -0.3 is 5.11 Å². The van der Waals surface area contributed by atoms with E-state index in [1.54, 1.807) is 24.3 Å². The number of hydrogen-bond acceptors (Lipinski definition) is 1. The molecule has 1 aromatic rings. The predicted octanol–water partition coefficient (Wildman–Crippen LogP) is 3.55. The van der Waals surface area contributed by atoms with E-state index in [1.165, 1.54) is 0 Å². The molecule has 0 radical (unpaired) electrons. The quantitative estimate of drug-likeness (QED) is 0.751. The van der Waals surface area contributed by atoms with Crippen LogP contribution in [0.1, 0.15) is 0 Å². The summed E-state index contributed by atoms with van der Waals surface area (Å²) in [4.78, 5) is 0. The van der Waals surface area contributed by atoms with Gasteiger partial charge in [-0.2, -0.15) is 22.0 Å². The number of aromatic hydroxyl groups is 1. The molecule has 16 heavy (non-hydrogen) atoms. The van der Waals surface area contributed by atoms with Gasteiger partial charge in [0, 0.05) is 0 Å². The van der Waals surface area contributed by atoms with E-state index in [0.717, 1.165) is 0 Å². The number of phenolic OH excluding ortho intramolecular Hbond substituents is 1. The molecular weight excluding hydrogens is 238 g/mol. The Labute approximate surface area is 87.3 Å². The topological polar surface area (TPSA) is 20.2 Å². The number of hydrogen-bond donors (Lipinski definition) is 1. The Bertz CT molecular complexity index is 295. The van der Waals surface area contributed by atoms with Gasteiger partial charge in [-0.05, 0) is 12.1 Å². The van der Waals surface area contributed by atoms with E-state index in [9.17, 15) is 26.3 Å². The summed E-state index contributed by atoms with van der Waals surface area (Å²) < 4.78 is 65.6. The number of phenols is 1. The lowest BCUT2D eigenvalue weighted by atomic mass is 10.3. The van der Waals surface area contributed by atoms with E-state index >= 15 is 0 Å². The van der Waals surface area contributed by atoms with Crippen molar-refractivity contribution in [3.05, 3.63) is 30.3 Å². The molecule has 0 unspecified atom stereocenters. The van der Waals surface area contributed by atoms with Crippen LogP contribution in [-0.4, -0.2) is 23.9 Å². The van der Waals surface area contributed by atoms with Crippen LogP contribution in [0.4, 0.5) is 26.3 Å². The Morgan fingerprint density at radius 2 is 1.38 bits per heavy atom. The maximum atomic E-state index is 11.2. The van der Waals surface area contributed by atoms with Crippen molar-refractivity contribution in [2.24, 2.45) is 0 Å². The molecule has 92 valence electrons. The highest BCUT2D eigenvalue weighted by atomic mass is 19.4. The first kappa shape index (κ1) is 14.6. The zero-order chi connectivity index (χ0) is 12.8. The van der Waals surface area contributed by atoms with E-state index in [4.69, 9.17) is 5.11 Å². The summed E-state index contributed by atoms with van der Waals surface area (Å²) >= 11 is 0. The molecule has 1 rings (SSSR count). The van der Waals surface area contributed by atoms with E-state index in [-0.39, 0.29) is 0 Å². The second kappa shape index (κ2) is 5.62. The van der Waals surface area contributed by atoms with E-state index < -0.39 is 18.8 Å². The molecule has 0 aliphatic rings. The summed E-state index contributed by atoms with van der Waals surface area (Å²) in [5.41, 5.74) is 0. The van der Waals surface area contributed by atoms with Gasteiger partial charge in [-0.25, -0.2) is 4.39 Å². The highest BCUT2D eigenvalue weighted by molar-refractivity contribution is 5.18. The lowest BCUT2D eigenvalue weighted by molar-refractivity contribution is -0.286. The predicted molar refractivity (Wildman–Crippen MR) is 45.1 cm³/mol. The fourth-order valence-corrected chi connectivity index (χ4v) is 0.504. The average Bonchev–Trinajstić information content (AvgIpc) is 2.18. The Morgan fingerprint density at radius 3 is 1.50 bits per heavy atom. The van der Waals surface area contributed by atoms with Gasteiger partial charge in [-0.3, -0.25) is 0 Å². The molecule has 0 aromatic heterocycles. The van der Waals surface area contributed by atoms with Gasteiger partial charge in [0.05, 0.1) is 0 Å². The lowest BCUT2D eigenvalue weighted by Gasteiger charge is -2.14. The van der Waals surface area contributed by atoms with Gasteiger partial charge >= 0.3 is 12.1 Å². The number of benzene rings is 1. The first-order valence-corrected chi connectivity index (χ1v) is 3.95. The molecule has 0 atom stereocenters. The first-order chi connectivity index (χ1) is 7.20. The SMILES string of the molecule is FCC(F)(F)C(F)(F)F.Oc1ccccc1. The molecule has 0 saturated carbocycles. The van der Waals surface area contributed by atoms with E-state index in [0.29, 0.717) is 5.75 Å². The first-order valence-electron chi connectivity index (χ1n) is 3.95. The van der Waals surface area contributed by atoms with Crippen molar-refractivity contribution in [2.45, 2.75) is 12.1 Å². The van der Waals surface area contributed by atoms with Crippen LogP contribution in [0, 0.1) is 0 Å². The Kier molecular flexibility index (Phi) is 5.13. The highest BCUT2D eigenvalue weighted by Crippen LogP contribution is 2.35. The van der Waals surface area contributed by atoms with E-state index in [1.807, 2.05) is 6.07 Å². The summed E-state index contributed by atoms with van der Waals surface area (Å²) in [5, 5.41) is 8.63. The van der Waals surface area contributed by atoms with Gasteiger partial charge in [0.15, 0.2) is 6.67 Å². The molecule has 0 amide bonds. The van der Waals surface area contributed by atoms with Gasteiger partial charge in [0.2, 0.25) is 0 Å². The summed E-state index contributed by atoms with van der Waals surface area (Å²) in [5.74, 6) is -4.87. The van der Waals surface area contributed by atoms with Crippen LogP contribution in [0.25, 0.3) is 0 Å². The normalized spacial score (nSPS) is 11.6. The number of alkyl halides is 6. The van der Waals surface area contributed by atoms with Crippen molar-refractivity contribution in [1.82, 2.24) is 0 Å². The Balaban J connectivity index is 0.000000288. The van der Waals surface area contributed by atoms with Crippen LogP contribution in [0.5, 0.6) is 5.75 Å². The third-order valence-electron chi connectivity index (χ3n) is 1.34. The minimum atomic E-state index is -5.76. The van der Waals surface area contributed by atoms with Crippen LogP contribution >= 0.6 is 0 Å². The van der Waals surface area contributed by atoms with Crippen molar-refractivity contribution in [1.29, 1.82) is 0 Å². The van der Waals surface area contributed by atoms with Crippen molar-refractivity contribution in [2.75, 3.05) is 6.67 Å². The molecule has 0 spiro atoms. The molecule has 0 fully saturated rings. The van der Waals surface area contributed by atoms with Crippen LogP contribution in [0.3, 0.4) is 0 Å². The second-order valence-corrected chi connectivity index (χ2v) is 2.67. The molecule has 0 aliphatic carbocycles. The van der Waals surface area contributed by atoms with Crippen LogP contribution in [0.15, 0.2) is 30.3 Å². The third kappa shape index (κ3) is 4.90. The monoisotopic (exact) mass is 246 g/mol. The summed E-state index contributed by atoms with van der Waals surface area (Å²) in [6.45, 7) is -2.70. The van der Waals surface area contributed by atoms with Gasteiger partial charge in [-0.1, -0.05) is 18.2 Å². The fourth-order valence-electron chi connectivity index (χ4n) is 0.504. The number of para-hydroxylation sites is 1. The lowest BCUT2D eigenvalue weighted by Crippen LogP contribution is -2.38. The molecule has 0 heterocycles. The van der Waals surface area contributed by atoms with Crippen LogP contribution in [0.2, 0.25) is 0 Å². The standard InChI is InChI=1S/C6H6O.C3H2F6/c7-6-4-2-1-3-5-6;4-1-2(5,6)3(7,8)9/h1-5,7H;1H2. The number of rotatable bonds is 1. The Morgan fingerprint density at radius 1 is 0.938 bits per heavy atom. The average molecular weight is 246 g/mol. The van der Waals surface area contributed by atoms with Crippen LogP contribution < -0.4 is 0 Å². The molecular formula is C9H8F6O. The molecule has 0 saturated heterocycles. The third-order valence-corrected chi connectivity index (χ3v) is 1.34. The minimum Gasteiger partial charge on any atom is -0.508 e. The smallest absolute Gasteiger partial charge is 0.456 e. The minimum absolute atomic E-state index is 0.322. The van der Waals surface area contributed by atoms with Crippen molar-refractivity contribution in [3.63, 3.8) is 0 Å². The fraction of sp³-hybridized carbons (Fsp3) is 0.333. The summed E-state index contributed by atoms with van der Waals surface area (Å²) in [7, 11) is 0. The molecule has 0 bridgehead atoms. The molecule has 1 nitrogen and oxygen atoms in total. The Hall–Kier alpha value is -1.40. The maximum Gasteiger partial charge on any atom is 0.456 e. The molecule has 7 heteroatoms. The maximum absolute atomic E-state index is 11.2. The van der Waals surface area contributed by atoms with Gasteiger partial charge in [-0.15, -0.1) is 0 Å². The molecule has 1 N–H and O–H groups in total. The van der Waals surface area contributed by atoms with Gasteiger partial charge in [0.25, 0.3) is 0 Å². The number of halogens is 6. The van der Waals surface area contributed by atoms with Crippen molar-refractivity contribution >= 4 is 0 Å². The summed E-state index contributed by atoms with van der Waals surface area (Å²) in [6.07, 6.45) is -5.76. The summed E-state index contributed by atoms with van der Waals surface area (Å²) in [6, 6.07) is 8.71. The highest BCUT2D eigenvalue weighted by Gasteiger charge is 2.57. The van der Waals surface area contributed by atoms with Crippen molar-refractivity contribution in [3.8, 4) is 5.75 Å². The van der Waals surface area contributed by atoms with Gasteiger partial charge in [0.1, 0.15) is 5.75 Å².